The van der Waals surface area contributed by atoms with Crippen LogP contribution in [0, 0.1) is 0 Å². The van der Waals surface area contributed by atoms with Crippen molar-refractivity contribution < 1.29 is 14.3 Å². The summed E-state index contributed by atoms with van der Waals surface area (Å²) >= 11 is 0. The maximum Gasteiger partial charge on any atom is 0.255 e. The van der Waals surface area contributed by atoms with Gasteiger partial charge in [0.15, 0.2) is 0 Å². The molecule has 0 heterocycles. The molecule has 2 N–H and O–H groups in total. The summed E-state index contributed by atoms with van der Waals surface area (Å²) in [4.78, 5) is 27.1. The van der Waals surface area contributed by atoms with Crippen molar-refractivity contribution in [2.24, 2.45) is 0 Å². The highest BCUT2D eigenvalue weighted by atomic mass is 16.5. The molecule has 2 aromatic rings. The lowest BCUT2D eigenvalue weighted by atomic mass is 10.1. The van der Waals surface area contributed by atoms with E-state index in [-0.39, 0.29) is 11.8 Å². The molecule has 0 bridgehead atoms. The van der Waals surface area contributed by atoms with E-state index in [0.717, 1.165) is 31.8 Å². The van der Waals surface area contributed by atoms with Crippen LogP contribution in [0.2, 0.25) is 0 Å². The van der Waals surface area contributed by atoms with E-state index in [9.17, 15) is 9.59 Å². The molecule has 0 aliphatic rings. The van der Waals surface area contributed by atoms with E-state index in [4.69, 9.17) is 4.74 Å². The lowest BCUT2D eigenvalue weighted by molar-refractivity contribution is 0.0948. The molecule has 2 aromatic carbocycles. The van der Waals surface area contributed by atoms with Gasteiger partial charge in [0.05, 0.1) is 6.61 Å². The topological polar surface area (TPSA) is 70.7 Å². The van der Waals surface area contributed by atoms with Crippen LogP contribution in [0.1, 0.15) is 73.6 Å². The van der Waals surface area contributed by atoms with E-state index in [1.807, 2.05) is 12.1 Å². The summed E-state index contributed by atoms with van der Waals surface area (Å²) in [5.74, 6) is 0.469. The first-order valence-corrected chi connectivity index (χ1v) is 12.2. The predicted molar refractivity (Wildman–Crippen MR) is 135 cm³/mol. The second-order valence-electron chi connectivity index (χ2n) is 8.10. The fraction of sp³-hybridized carbons (Fsp3) is 0.481. The number of carbonyl (C=O) groups is 2. The molecule has 0 aliphatic carbocycles. The summed E-state index contributed by atoms with van der Waals surface area (Å²) in [5, 5.41) is 5.81. The molecule has 0 spiro atoms. The Morgan fingerprint density at radius 1 is 0.788 bits per heavy atom. The molecule has 0 saturated heterocycles. The van der Waals surface area contributed by atoms with Gasteiger partial charge < -0.3 is 20.3 Å². The number of anilines is 1. The Morgan fingerprint density at radius 2 is 1.39 bits per heavy atom. The van der Waals surface area contributed by atoms with Crippen molar-refractivity contribution in [3.63, 3.8) is 0 Å². The van der Waals surface area contributed by atoms with Crippen LogP contribution < -0.4 is 15.4 Å². The molecule has 0 unspecified atom stereocenters. The molecule has 0 aliphatic heterocycles. The molecule has 0 aromatic heterocycles. The first-order valence-electron chi connectivity index (χ1n) is 12.2. The Balaban J connectivity index is 1.77. The number of amides is 2. The molecule has 180 valence electrons. The number of nitrogens with one attached hydrogen (secondary N) is 2. The molecule has 2 rings (SSSR count). The van der Waals surface area contributed by atoms with Crippen molar-refractivity contribution in [1.29, 1.82) is 0 Å². The van der Waals surface area contributed by atoms with Crippen molar-refractivity contribution in [2.75, 3.05) is 38.1 Å². The van der Waals surface area contributed by atoms with Crippen LogP contribution in [0.25, 0.3) is 0 Å². The average Bonchev–Trinajstić information content (AvgIpc) is 2.84. The van der Waals surface area contributed by atoms with Crippen LogP contribution in [-0.2, 0) is 0 Å². The number of rotatable bonds is 15. The summed E-state index contributed by atoms with van der Waals surface area (Å²) in [7, 11) is 0. The minimum absolute atomic E-state index is 0.110. The fourth-order valence-electron chi connectivity index (χ4n) is 3.48. The second-order valence-corrected chi connectivity index (χ2v) is 8.10. The summed E-state index contributed by atoms with van der Waals surface area (Å²) < 4.78 is 5.76. The number of benzene rings is 2. The monoisotopic (exact) mass is 453 g/mol. The number of unbranched alkanes of at least 4 members (excludes halogenated alkanes) is 4. The first kappa shape index (κ1) is 26.4. The fourth-order valence-corrected chi connectivity index (χ4v) is 3.48. The summed E-state index contributed by atoms with van der Waals surface area (Å²) in [6.45, 7) is 10.5. The lowest BCUT2D eigenvalue weighted by Crippen LogP contribution is -2.34. The predicted octanol–water partition coefficient (Wildman–Crippen LogP) is 5.36. The van der Waals surface area contributed by atoms with E-state index in [0.29, 0.717) is 30.0 Å². The summed E-state index contributed by atoms with van der Waals surface area (Å²) in [6, 6.07) is 14.1. The van der Waals surface area contributed by atoms with Gasteiger partial charge >= 0.3 is 0 Å². The van der Waals surface area contributed by atoms with Gasteiger partial charge in [-0.05, 0) is 68.0 Å². The molecule has 6 nitrogen and oxygen atoms in total. The zero-order valence-electron chi connectivity index (χ0n) is 20.4. The summed E-state index contributed by atoms with van der Waals surface area (Å²) in [6.07, 6.45) is 6.00. The molecular formula is C27H39N3O3. The number of carbonyl (C=O) groups excluding carboxylic acids is 2. The third kappa shape index (κ3) is 9.66. The van der Waals surface area contributed by atoms with Gasteiger partial charge in [0, 0.05) is 29.9 Å². The third-order valence-corrected chi connectivity index (χ3v) is 5.65. The second kappa shape index (κ2) is 15.1. The van der Waals surface area contributed by atoms with Crippen molar-refractivity contribution in [2.45, 2.75) is 52.9 Å². The Morgan fingerprint density at radius 3 is 2.03 bits per heavy atom. The molecule has 33 heavy (non-hydrogen) atoms. The van der Waals surface area contributed by atoms with Crippen LogP contribution in [-0.4, -0.2) is 49.5 Å². The van der Waals surface area contributed by atoms with Crippen LogP contribution >= 0.6 is 0 Å². The number of ether oxygens (including phenoxy) is 1. The van der Waals surface area contributed by atoms with Gasteiger partial charge in [0.25, 0.3) is 11.8 Å². The molecule has 0 saturated carbocycles. The standard InChI is InChI=1S/C27H39N3O3/c1-4-7-8-9-10-21-33-25-17-13-23(14-18-25)27(32)29-24-15-11-22(12-16-24)26(31)28-19-20-30(5-2)6-3/h11-18H,4-10,19-21H2,1-3H3,(H,28,31)(H,29,32). The van der Waals surface area contributed by atoms with Gasteiger partial charge in [-0.25, -0.2) is 0 Å². The van der Waals surface area contributed by atoms with Crippen molar-refractivity contribution in [3.8, 4) is 5.75 Å². The first-order chi connectivity index (χ1) is 16.1. The molecule has 2 amide bonds. The van der Waals surface area contributed by atoms with Crippen LogP contribution in [0.5, 0.6) is 5.75 Å². The number of hydrogen-bond acceptors (Lipinski definition) is 4. The van der Waals surface area contributed by atoms with E-state index in [1.165, 1.54) is 25.7 Å². The van der Waals surface area contributed by atoms with Gasteiger partial charge in [-0.2, -0.15) is 0 Å². The van der Waals surface area contributed by atoms with Gasteiger partial charge in [-0.1, -0.05) is 46.5 Å². The molecule has 6 heteroatoms. The lowest BCUT2D eigenvalue weighted by Gasteiger charge is -2.18. The minimum atomic E-state index is -0.197. The minimum Gasteiger partial charge on any atom is -0.494 e. The van der Waals surface area contributed by atoms with Crippen LogP contribution in [0.15, 0.2) is 48.5 Å². The smallest absolute Gasteiger partial charge is 0.255 e. The Kier molecular flexibility index (Phi) is 12.0. The van der Waals surface area contributed by atoms with Gasteiger partial charge in [-0.3, -0.25) is 9.59 Å². The van der Waals surface area contributed by atoms with Crippen molar-refractivity contribution >= 4 is 17.5 Å². The zero-order valence-corrected chi connectivity index (χ0v) is 20.4. The SMILES string of the molecule is CCCCCCCOc1ccc(C(=O)Nc2ccc(C(=O)NCCN(CC)CC)cc2)cc1. The maximum atomic E-state index is 12.5. The van der Waals surface area contributed by atoms with Crippen LogP contribution in [0.3, 0.4) is 0 Å². The van der Waals surface area contributed by atoms with Gasteiger partial charge in [0.1, 0.15) is 5.75 Å². The number of likely N-dealkylation sites (N-methyl/N-ethyl adjacent to an activating group) is 1. The van der Waals surface area contributed by atoms with E-state index in [2.05, 4.69) is 36.3 Å². The van der Waals surface area contributed by atoms with E-state index in [1.54, 1.807) is 36.4 Å². The zero-order chi connectivity index (χ0) is 23.9. The van der Waals surface area contributed by atoms with E-state index < -0.39 is 0 Å². The Hall–Kier alpha value is -2.86. The van der Waals surface area contributed by atoms with Crippen molar-refractivity contribution in [3.05, 3.63) is 59.7 Å². The highest BCUT2D eigenvalue weighted by molar-refractivity contribution is 6.04. The normalized spacial score (nSPS) is 10.8. The number of nitrogens with zero attached hydrogens (tertiary/aromatic N) is 1. The van der Waals surface area contributed by atoms with Crippen LogP contribution in [0.4, 0.5) is 5.69 Å². The molecule has 0 radical (unpaired) electrons. The van der Waals surface area contributed by atoms with Gasteiger partial charge in [0.2, 0.25) is 0 Å². The average molecular weight is 454 g/mol. The highest BCUT2D eigenvalue weighted by Gasteiger charge is 2.09. The maximum absolute atomic E-state index is 12.5. The molecule has 0 fully saturated rings. The van der Waals surface area contributed by atoms with Gasteiger partial charge in [-0.15, -0.1) is 0 Å². The quantitative estimate of drug-likeness (QED) is 0.356. The highest BCUT2D eigenvalue weighted by Crippen LogP contribution is 2.16. The Bertz CT molecular complexity index is 831. The van der Waals surface area contributed by atoms with Crippen molar-refractivity contribution in [1.82, 2.24) is 10.2 Å². The molecule has 0 atom stereocenters. The third-order valence-electron chi connectivity index (χ3n) is 5.65. The molecular weight excluding hydrogens is 414 g/mol. The number of hydrogen-bond donors (Lipinski definition) is 2. The largest absolute Gasteiger partial charge is 0.494 e. The van der Waals surface area contributed by atoms with E-state index >= 15 is 0 Å². The Labute approximate surface area is 198 Å². The summed E-state index contributed by atoms with van der Waals surface area (Å²) in [5.41, 5.74) is 1.78.